The molecule has 4 rings (SSSR count). The van der Waals surface area contributed by atoms with Gasteiger partial charge in [-0.2, -0.15) is 0 Å². The first kappa shape index (κ1) is 13.0. The van der Waals surface area contributed by atoms with E-state index in [9.17, 15) is 0 Å². The summed E-state index contributed by atoms with van der Waals surface area (Å²) in [5.74, 6) is 1.42. The Morgan fingerprint density at radius 1 is 1.19 bits per heavy atom. The average Bonchev–Trinajstić information content (AvgIpc) is 3.02. The Bertz CT molecular complexity index is 678. The highest BCUT2D eigenvalue weighted by Gasteiger charge is 2.26. The lowest BCUT2D eigenvalue weighted by molar-refractivity contribution is 0.584. The second-order valence-electron chi connectivity index (χ2n) is 6.05. The molecule has 1 aromatic carbocycles. The van der Waals surface area contributed by atoms with Crippen LogP contribution in [0.5, 0.6) is 0 Å². The monoisotopic (exact) mass is 279 g/mol. The van der Waals surface area contributed by atoms with Crippen LogP contribution in [-0.2, 0) is 25.9 Å². The quantitative estimate of drug-likeness (QED) is 0.918. The van der Waals surface area contributed by atoms with E-state index in [1.54, 1.807) is 0 Å². The van der Waals surface area contributed by atoms with Crippen molar-refractivity contribution in [3.63, 3.8) is 0 Å². The lowest BCUT2D eigenvalue weighted by Gasteiger charge is -2.25. The average molecular weight is 279 g/mol. The van der Waals surface area contributed by atoms with E-state index in [1.165, 1.54) is 47.3 Å². The molecule has 2 heterocycles. The van der Waals surface area contributed by atoms with Crippen LogP contribution in [0.4, 0.5) is 0 Å². The molecule has 3 heteroatoms. The number of aromatic nitrogens is 2. The van der Waals surface area contributed by atoms with Gasteiger partial charge < -0.3 is 5.32 Å². The molecule has 1 aliphatic carbocycles. The third kappa shape index (κ3) is 2.16. The van der Waals surface area contributed by atoms with Gasteiger partial charge in [0.05, 0.1) is 5.69 Å². The minimum Gasteiger partial charge on any atom is -0.307 e. The topological polar surface area (TPSA) is 37.8 Å². The fraction of sp³-hybridized carbons (Fsp3) is 0.444. The van der Waals surface area contributed by atoms with E-state index in [0.717, 1.165) is 25.3 Å². The van der Waals surface area contributed by atoms with Crippen molar-refractivity contribution in [2.75, 3.05) is 0 Å². The molecule has 0 spiro atoms. The maximum absolute atomic E-state index is 4.93. The van der Waals surface area contributed by atoms with Crippen LogP contribution in [0.3, 0.4) is 0 Å². The molecule has 3 nitrogen and oxygen atoms in total. The molecule has 2 aliphatic rings. The summed E-state index contributed by atoms with van der Waals surface area (Å²) >= 11 is 0. The highest BCUT2D eigenvalue weighted by Crippen LogP contribution is 2.35. The Balaban J connectivity index is 1.81. The van der Waals surface area contributed by atoms with Crippen molar-refractivity contribution in [3.8, 4) is 0 Å². The fourth-order valence-electron chi connectivity index (χ4n) is 3.73. The fourth-order valence-corrected chi connectivity index (χ4v) is 3.73. The molecule has 21 heavy (non-hydrogen) atoms. The molecule has 1 aliphatic heterocycles. The molecule has 1 atom stereocenters. The number of rotatable bonds is 2. The molecule has 108 valence electrons. The van der Waals surface area contributed by atoms with Crippen LogP contribution >= 0.6 is 0 Å². The standard InChI is InChI=1S/C18H21N3/c1-2-16-15-10-19-11-17(15)21-18(20-16)14-9-5-7-12-6-3-4-8-13(12)14/h3-4,6,8,14,19H,2,5,7,9-11H2,1H3. The minimum atomic E-state index is 0.381. The largest absolute Gasteiger partial charge is 0.307 e. The number of hydrogen-bond donors (Lipinski definition) is 1. The Morgan fingerprint density at radius 3 is 3.00 bits per heavy atom. The van der Waals surface area contributed by atoms with E-state index in [4.69, 9.17) is 9.97 Å². The van der Waals surface area contributed by atoms with Crippen molar-refractivity contribution >= 4 is 0 Å². The van der Waals surface area contributed by atoms with E-state index in [-0.39, 0.29) is 0 Å². The zero-order valence-corrected chi connectivity index (χ0v) is 12.5. The lowest BCUT2D eigenvalue weighted by Crippen LogP contribution is -2.16. The van der Waals surface area contributed by atoms with Gasteiger partial charge in [0.15, 0.2) is 0 Å². The van der Waals surface area contributed by atoms with Crippen molar-refractivity contribution in [2.24, 2.45) is 0 Å². The van der Waals surface area contributed by atoms with Crippen molar-refractivity contribution in [1.82, 2.24) is 15.3 Å². The predicted octanol–water partition coefficient (Wildman–Crippen LogP) is 3.11. The molecule has 0 saturated heterocycles. The Morgan fingerprint density at radius 2 is 2.10 bits per heavy atom. The summed E-state index contributed by atoms with van der Waals surface area (Å²) in [6.07, 6.45) is 4.60. The van der Waals surface area contributed by atoms with Gasteiger partial charge in [0.2, 0.25) is 0 Å². The second-order valence-corrected chi connectivity index (χ2v) is 6.05. The van der Waals surface area contributed by atoms with E-state index in [0.29, 0.717) is 5.92 Å². The third-order valence-electron chi connectivity index (χ3n) is 4.81. The molecule has 0 radical (unpaired) electrons. The summed E-state index contributed by atoms with van der Waals surface area (Å²) in [5, 5.41) is 3.41. The van der Waals surface area contributed by atoms with Gasteiger partial charge in [-0.3, -0.25) is 0 Å². The number of hydrogen-bond acceptors (Lipinski definition) is 3. The molecule has 1 N–H and O–H groups in total. The zero-order valence-electron chi connectivity index (χ0n) is 12.5. The van der Waals surface area contributed by atoms with Crippen LogP contribution in [0.15, 0.2) is 24.3 Å². The Kier molecular flexibility index (Phi) is 3.23. The highest BCUT2D eigenvalue weighted by molar-refractivity contribution is 5.38. The minimum absolute atomic E-state index is 0.381. The molecular weight excluding hydrogens is 258 g/mol. The van der Waals surface area contributed by atoms with Gasteiger partial charge >= 0.3 is 0 Å². The van der Waals surface area contributed by atoms with Gasteiger partial charge in [-0.05, 0) is 36.8 Å². The summed E-state index contributed by atoms with van der Waals surface area (Å²) in [6, 6.07) is 8.82. The van der Waals surface area contributed by atoms with Crippen LogP contribution in [0.25, 0.3) is 0 Å². The smallest absolute Gasteiger partial charge is 0.136 e. The number of benzene rings is 1. The van der Waals surface area contributed by atoms with Gasteiger partial charge in [-0.25, -0.2) is 9.97 Å². The van der Waals surface area contributed by atoms with E-state index in [2.05, 4.69) is 36.5 Å². The summed E-state index contributed by atoms with van der Waals surface area (Å²) < 4.78 is 0. The molecule has 0 bridgehead atoms. The van der Waals surface area contributed by atoms with E-state index >= 15 is 0 Å². The van der Waals surface area contributed by atoms with Crippen LogP contribution < -0.4 is 5.32 Å². The summed E-state index contributed by atoms with van der Waals surface area (Å²) in [4.78, 5) is 9.85. The van der Waals surface area contributed by atoms with Crippen molar-refractivity contribution in [3.05, 3.63) is 58.2 Å². The SMILES string of the molecule is CCc1nc(C2CCCc3ccccc32)nc2c1CNC2. The number of fused-ring (bicyclic) bond motifs is 2. The van der Waals surface area contributed by atoms with Gasteiger partial charge in [-0.15, -0.1) is 0 Å². The third-order valence-corrected chi connectivity index (χ3v) is 4.81. The molecular formula is C18H21N3. The molecule has 0 fully saturated rings. The molecule has 2 aromatic rings. The van der Waals surface area contributed by atoms with Gasteiger partial charge in [0.1, 0.15) is 5.82 Å². The number of aryl methyl sites for hydroxylation is 2. The van der Waals surface area contributed by atoms with Crippen molar-refractivity contribution in [1.29, 1.82) is 0 Å². The van der Waals surface area contributed by atoms with Crippen LogP contribution in [0, 0.1) is 0 Å². The van der Waals surface area contributed by atoms with E-state index < -0.39 is 0 Å². The molecule has 1 unspecified atom stereocenters. The summed E-state index contributed by atoms with van der Waals surface area (Å²) in [7, 11) is 0. The number of nitrogens with one attached hydrogen (secondary N) is 1. The Labute approximate surface area is 125 Å². The van der Waals surface area contributed by atoms with Crippen LogP contribution in [0.2, 0.25) is 0 Å². The van der Waals surface area contributed by atoms with Gasteiger partial charge in [0, 0.05) is 30.3 Å². The summed E-state index contributed by atoms with van der Waals surface area (Å²) in [6.45, 7) is 4.02. The second kappa shape index (κ2) is 5.23. The normalized spacial score (nSPS) is 20.1. The lowest BCUT2D eigenvalue weighted by atomic mass is 9.82. The predicted molar refractivity (Wildman–Crippen MR) is 83.2 cm³/mol. The maximum Gasteiger partial charge on any atom is 0.136 e. The first-order chi connectivity index (χ1) is 10.4. The first-order valence-electron chi connectivity index (χ1n) is 8.04. The Hall–Kier alpha value is -1.74. The van der Waals surface area contributed by atoms with Crippen LogP contribution in [-0.4, -0.2) is 9.97 Å². The van der Waals surface area contributed by atoms with Crippen LogP contribution in [0.1, 0.15) is 59.6 Å². The molecule has 0 amide bonds. The number of nitrogens with zero attached hydrogens (tertiary/aromatic N) is 2. The zero-order chi connectivity index (χ0) is 14.2. The van der Waals surface area contributed by atoms with Gasteiger partial charge in [-0.1, -0.05) is 31.2 Å². The molecule has 0 saturated carbocycles. The maximum atomic E-state index is 4.93. The summed E-state index contributed by atoms with van der Waals surface area (Å²) in [5.41, 5.74) is 6.72. The van der Waals surface area contributed by atoms with Crippen molar-refractivity contribution < 1.29 is 0 Å². The molecule has 1 aromatic heterocycles. The van der Waals surface area contributed by atoms with Crippen molar-refractivity contribution in [2.45, 2.75) is 51.6 Å². The van der Waals surface area contributed by atoms with E-state index in [1.807, 2.05) is 0 Å². The highest BCUT2D eigenvalue weighted by atomic mass is 15.0. The first-order valence-corrected chi connectivity index (χ1v) is 8.04. The van der Waals surface area contributed by atoms with Gasteiger partial charge in [0.25, 0.3) is 0 Å².